The number of aromatic hydroxyl groups is 4. The lowest BCUT2D eigenvalue weighted by molar-refractivity contribution is -0.114. The molecular weight excluding hydrogens is 532 g/mol. The summed E-state index contributed by atoms with van der Waals surface area (Å²) in [5.41, 5.74) is 1.76. The number of phenols is 4. The molecule has 0 radical (unpaired) electrons. The Labute approximate surface area is 232 Å². The molecule has 6 N–H and O–H groups in total. The number of aliphatic hydroxyl groups is 2. The van der Waals surface area contributed by atoms with Crippen LogP contribution in [-0.4, -0.2) is 60.2 Å². The van der Waals surface area contributed by atoms with Gasteiger partial charge in [0, 0.05) is 28.7 Å². The van der Waals surface area contributed by atoms with Crippen LogP contribution in [0.2, 0.25) is 0 Å². The van der Waals surface area contributed by atoms with E-state index >= 15 is 0 Å². The number of hydrogen-bond donors (Lipinski definition) is 6. The topological polar surface area (TPSA) is 182 Å². The van der Waals surface area contributed by atoms with Crippen molar-refractivity contribution < 1.29 is 49.8 Å². The van der Waals surface area contributed by atoms with Crippen molar-refractivity contribution in [2.24, 2.45) is 0 Å². The molecule has 1 aliphatic heterocycles. The minimum Gasteiger partial charge on any atom is -0.507 e. The standard InChI is InChI=1S/C16H12O6.C15H10O4/c17-10-2-1-8-13-9-4-12(19)11(18)3-7(9)5-16(13,21)6-22-15(8)14(10)20;1-7-5-9-13(11(17)6-7)15(19)12-8(14(9)18)3-2-4-10(12)16/h1-4,18-21H,5-6H2;2-6,16-17H,1H3. The quantitative estimate of drug-likeness (QED) is 0.177. The van der Waals surface area contributed by atoms with E-state index in [0.717, 1.165) is 0 Å². The molecule has 3 aromatic rings. The Morgan fingerprint density at radius 3 is 2.22 bits per heavy atom. The zero-order chi connectivity index (χ0) is 29.4. The van der Waals surface area contributed by atoms with Crippen LogP contribution in [0, 0.1) is 6.92 Å². The molecule has 4 aliphatic rings. The van der Waals surface area contributed by atoms with E-state index in [-0.39, 0.29) is 69.8 Å². The van der Waals surface area contributed by atoms with Crippen molar-refractivity contribution in [3.63, 3.8) is 0 Å². The van der Waals surface area contributed by atoms with Crippen LogP contribution in [0.25, 0.3) is 5.57 Å². The van der Waals surface area contributed by atoms with Crippen LogP contribution >= 0.6 is 0 Å². The summed E-state index contributed by atoms with van der Waals surface area (Å²) in [5.74, 6) is -2.95. The fourth-order valence-corrected chi connectivity index (χ4v) is 5.68. The molecule has 0 fully saturated rings. The summed E-state index contributed by atoms with van der Waals surface area (Å²) in [4.78, 5) is 36.2. The third-order valence-electron chi connectivity index (χ3n) is 7.48. The molecule has 0 saturated carbocycles. The van der Waals surface area contributed by atoms with Crippen molar-refractivity contribution in [1.82, 2.24) is 0 Å². The molecule has 0 aromatic heterocycles. The molecule has 1 unspecified atom stereocenters. The lowest BCUT2D eigenvalue weighted by Crippen LogP contribution is -2.39. The summed E-state index contributed by atoms with van der Waals surface area (Å²) in [6.07, 6.45) is 2.90. The van der Waals surface area contributed by atoms with Crippen LogP contribution in [-0.2, 0) is 16.0 Å². The number of ether oxygens (including phenoxy) is 1. The number of phenolic OH excluding ortho intramolecular Hbond substituents is 4. The molecule has 10 nitrogen and oxygen atoms in total. The Balaban J connectivity index is 0.000000149. The van der Waals surface area contributed by atoms with E-state index in [1.54, 1.807) is 13.0 Å². The molecule has 0 saturated heterocycles. The minimum atomic E-state index is -1.33. The second-order valence-corrected chi connectivity index (χ2v) is 10.2. The molecule has 41 heavy (non-hydrogen) atoms. The predicted molar refractivity (Wildman–Crippen MR) is 143 cm³/mol. The highest BCUT2D eigenvalue weighted by Crippen LogP contribution is 2.50. The zero-order valence-electron chi connectivity index (χ0n) is 21.4. The molecule has 3 aromatic carbocycles. The van der Waals surface area contributed by atoms with E-state index in [1.165, 1.54) is 48.6 Å². The number of allylic oxidation sites excluding steroid dienone is 2. The maximum atomic E-state index is 12.3. The van der Waals surface area contributed by atoms with Crippen LogP contribution in [0.5, 0.6) is 23.0 Å². The van der Waals surface area contributed by atoms with E-state index in [2.05, 4.69) is 0 Å². The third kappa shape index (κ3) is 3.80. The van der Waals surface area contributed by atoms with E-state index in [0.29, 0.717) is 27.8 Å². The summed E-state index contributed by atoms with van der Waals surface area (Å²) in [6, 6.07) is 10.1. The molecule has 7 rings (SSSR count). The summed E-state index contributed by atoms with van der Waals surface area (Å²) in [7, 11) is 0. The Morgan fingerprint density at radius 2 is 1.46 bits per heavy atom. The molecule has 10 heteroatoms. The summed E-state index contributed by atoms with van der Waals surface area (Å²) >= 11 is 0. The van der Waals surface area contributed by atoms with Gasteiger partial charge in [-0.1, -0.05) is 12.1 Å². The molecule has 1 atom stereocenters. The molecule has 206 valence electrons. The number of hydrogen-bond acceptors (Lipinski definition) is 10. The number of benzene rings is 3. The normalized spacial score (nSPS) is 19.9. The van der Waals surface area contributed by atoms with Gasteiger partial charge < -0.3 is 35.4 Å². The summed E-state index contributed by atoms with van der Waals surface area (Å²) in [6.45, 7) is 1.61. The van der Waals surface area contributed by atoms with E-state index in [4.69, 9.17) is 4.74 Å². The van der Waals surface area contributed by atoms with Gasteiger partial charge in [-0.05, 0) is 66.1 Å². The molecule has 3 aliphatic carbocycles. The van der Waals surface area contributed by atoms with E-state index in [9.17, 15) is 45.0 Å². The first kappa shape index (κ1) is 25.9. The van der Waals surface area contributed by atoms with Gasteiger partial charge in [-0.25, -0.2) is 0 Å². The van der Waals surface area contributed by atoms with Gasteiger partial charge in [0.15, 0.2) is 23.0 Å². The van der Waals surface area contributed by atoms with Gasteiger partial charge in [0.05, 0.1) is 11.1 Å². The van der Waals surface area contributed by atoms with Gasteiger partial charge in [-0.3, -0.25) is 14.4 Å². The maximum absolute atomic E-state index is 12.3. The number of ketones is 3. The number of fused-ring (bicyclic) bond motifs is 6. The minimum absolute atomic E-state index is 0.0348. The fraction of sp³-hybridized carbons (Fsp3) is 0.129. The lowest BCUT2D eigenvalue weighted by Gasteiger charge is -2.33. The average Bonchev–Trinajstić information content (AvgIpc) is 3.20. The SMILES string of the molecule is Cc1cc(O)c2c(c1)C(=O)c1cccc(O)c1C2=O.O=C1C=CC2=C3c4cc(O)c(O)cc4CC3(O)COC2=C1O. The molecule has 0 amide bonds. The van der Waals surface area contributed by atoms with Crippen LogP contribution in [0.15, 0.2) is 71.7 Å². The molecular formula is C31H22O10. The van der Waals surface area contributed by atoms with Crippen LogP contribution < -0.4 is 0 Å². The smallest absolute Gasteiger partial charge is 0.224 e. The molecule has 1 heterocycles. The van der Waals surface area contributed by atoms with Crippen molar-refractivity contribution in [1.29, 1.82) is 0 Å². The van der Waals surface area contributed by atoms with Gasteiger partial charge in [0.25, 0.3) is 0 Å². The first-order valence-corrected chi connectivity index (χ1v) is 12.5. The van der Waals surface area contributed by atoms with Crippen molar-refractivity contribution in [3.8, 4) is 23.0 Å². The van der Waals surface area contributed by atoms with Crippen LogP contribution in [0.1, 0.15) is 48.5 Å². The largest absolute Gasteiger partial charge is 0.507 e. The van der Waals surface area contributed by atoms with Crippen molar-refractivity contribution in [2.75, 3.05) is 6.61 Å². The van der Waals surface area contributed by atoms with Crippen molar-refractivity contribution >= 4 is 22.9 Å². The molecule has 0 spiro atoms. The van der Waals surface area contributed by atoms with Crippen LogP contribution in [0.4, 0.5) is 0 Å². The highest BCUT2D eigenvalue weighted by Gasteiger charge is 2.48. The predicted octanol–water partition coefficient (Wildman–Crippen LogP) is 3.26. The van der Waals surface area contributed by atoms with Gasteiger partial charge in [0.2, 0.25) is 17.3 Å². The van der Waals surface area contributed by atoms with Gasteiger partial charge in [0.1, 0.15) is 23.7 Å². The van der Waals surface area contributed by atoms with Crippen LogP contribution in [0.3, 0.4) is 0 Å². The number of rotatable bonds is 0. The monoisotopic (exact) mass is 554 g/mol. The Kier molecular flexibility index (Phi) is 5.58. The Hall–Kier alpha value is -5.35. The summed E-state index contributed by atoms with van der Waals surface area (Å²) < 4.78 is 5.40. The highest BCUT2D eigenvalue weighted by atomic mass is 16.5. The second-order valence-electron chi connectivity index (χ2n) is 10.2. The van der Waals surface area contributed by atoms with Gasteiger partial charge in [-0.2, -0.15) is 0 Å². The first-order chi connectivity index (χ1) is 19.4. The maximum Gasteiger partial charge on any atom is 0.224 e. The number of carbonyl (C=O) groups is 3. The van der Waals surface area contributed by atoms with Gasteiger partial charge >= 0.3 is 0 Å². The Morgan fingerprint density at radius 1 is 0.756 bits per heavy atom. The summed E-state index contributed by atoms with van der Waals surface area (Å²) in [5, 5.41) is 59.7. The zero-order valence-corrected chi connectivity index (χ0v) is 21.4. The average molecular weight is 555 g/mol. The Bertz CT molecular complexity index is 1840. The van der Waals surface area contributed by atoms with E-state index in [1.807, 2.05) is 0 Å². The lowest BCUT2D eigenvalue weighted by atomic mass is 9.82. The fourth-order valence-electron chi connectivity index (χ4n) is 5.68. The number of aliphatic hydroxyl groups excluding tert-OH is 1. The van der Waals surface area contributed by atoms with Crippen molar-refractivity contribution in [3.05, 3.63) is 111 Å². The van der Waals surface area contributed by atoms with Crippen molar-refractivity contribution in [2.45, 2.75) is 18.9 Å². The second kappa shape index (κ2) is 8.83. The van der Waals surface area contributed by atoms with E-state index < -0.39 is 22.9 Å². The van der Waals surface area contributed by atoms with Gasteiger partial charge in [-0.15, -0.1) is 0 Å². The number of carbonyl (C=O) groups excluding carboxylic acids is 3. The highest BCUT2D eigenvalue weighted by molar-refractivity contribution is 6.30. The first-order valence-electron chi connectivity index (χ1n) is 12.5. The third-order valence-corrected chi connectivity index (χ3v) is 7.48. The number of aryl methyl sites for hydroxylation is 1. The molecule has 0 bridgehead atoms.